The van der Waals surface area contributed by atoms with Crippen molar-refractivity contribution in [1.82, 2.24) is 0 Å². The molecule has 0 saturated carbocycles. The molecular weight excluding hydrogens is 344 g/mol. The van der Waals surface area contributed by atoms with Gasteiger partial charge in [-0.3, -0.25) is 4.79 Å². The number of aliphatic hydroxyl groups excluding tert-OH is 3. The van der Waals surface area contributed by atoms with E-state index < -0.39 is 36.7 Å². The van der Waals surface area contributed by atoms with Gasteiger partial charge in [-0.2, -0.15) is 0 Å². The molecule has 0 aromatic heterocycles. The van der Waals surface area contributed by atoms with E-state index in [2.05, 4.69) is 0 Å². The Kier molecular flexibility index (Phi) is 7.36. The van der Waals surface area contributed by atoms with E-state index in [1.54, 1.807) is 19.1 Å². The molecule has 6 atom stereocenters. The number of aromatic hydroxyl groups is 1. The van der Waals surface area contributed by atoms with Gasteiger partial charge in [0.25, 0.3) is 0 Å². The molecule has 8 nitrogen and oxygen atoms in total. The van der Waals surface area contributed by atoms with Crippen LogP contribution in [0.4, 0.5) is 0 Å². The molecule has 146 valence electrons. The summed E-state index contributed by atoms with van der Waals surface area (Å²) < 4.78 is 16.0. The van der Waals surface area contributed by atoms with Gasteiger partial charge < -0.3 is 34.6 Å². The number of rotatable bonds is 7. The third-order valence-electron chi connectivity index (χ3n) is 4.26. The van der Waals surface area contributed by atoms with Crippen LogP contribution in [0.1, 0.15) is 25.8 Å². The number of carbonyl (C=O) groups excluding carboxylic acids is 1. The second-order valence-corrected chi connectivity index (χ2v) is 6.47. The summed E-state index contributed by atoms with van der Waals surface area (Å²) in [7, 11) is 0. The lowest BCUT2D eigenvalue weighted by Crippen LogP contribution is -2.59. The van der Waals surface area contributed by atoms with Crippen LogP contribution >= 0.6 is 0 Å². The smallest absolute Gasteiger partial charge is 0.302 e. The summed E-state index contributed by atoms with van der Waals surface area (Å²) in [4.78, 5) is 10.9. The lowest BCUT2D eigenvalue weighted by molar-refractivity contribution is -0.310. The topological polar surface area (TPSA) is 126 Å². The fourth-order valence-corrected chi connectivity index (χ4v) is 2.70. The predicted molar refractivity (Wildman–Crippen MR) is 90.3 cm³/mol. The van der Waals surface area contributed by atoms with Crippen LogP contribution in [0.5, 0.6) is 5.75 Å². The van der Waals surface area contributed by atoms with Gasteiger partial charge in [0.15, 0.2) is 6.29 Å². The zero-order valence-electron chi connectivity index (χ0n) is 14.8. The molecule has 0 aliphatic carbocycles. The Morgan fingerprint density at radius 2 is 1.81 bits per heavy atom. The van der Waals surface area contributed by atoms with Gasteiger partial charge in [0.1, 0.15) is 36.8 Å². The van der Waals surface area contributed by atoms with E-state index in [0.29, 0.717) is 12.8 Å². The van der Waals surface area contributed by atoms with Crippen LogP contribution in [0.15, 0.2) is 24.3 Å². The summed E-state index contributed by atoms with van der Waals surface area (Å²) in [5, 5.41) is 39.3. The fraction of sp³-hybridized carbons (Fsp3) is 0.611. The highest BCUT2D eigenvalue weighted by molar-refractivity contribution is 5.65. The molecule has 1 saturated heterocycles. The maximum absolute atomic E-state index is 10.9. The van der Waals surface area contributed by atoms with Crippen molar-refractivity contribution in [2.45, 2.75) is 63.5 Å². The Bertz CT molecular complexity index is 575. The Balaban J connectivity index is 1.88. The number of carbonyl (C=O) groups is 1. The third-order valence-corrected chi connectivity index (χ3v) is 4.26. The molecule has 8 heteroatoms. The SMILES string of the molecule is CC(=O)OC[C@H]1O[C@H](O[C@H](C)CCc2ccc(O)cc2)[C@@H](O)[C@@H](O)[C@@H]1O. The van der Waals surface area contributed by atoms with Gasteiger partial charge in [-0.25, -0.2) is 0 Å². The summed E-state index contributed by atoms with van der Waals surface area (Å²) in [6.45, 7) is 2.77. The second kappa shape index (κ2) is 9.29. The number of hydrogen-bond acceptors (Lipinski definition) is 8. The Hall–Kier alpha value is -1.71. The van der Waals surface area contributed by atoms with E-state index in [1.165, 1.54) is 6.92 Å². The first-order chi connectivity index (χ1) is 12.3. The van der Waals surface area contributed by atoms with E-state index in [9.17, 15) is 25.2 Å². The molecule has 0 unspecified atom stereocenters. The van der Waals surface area contributed by atoms with Crippen molar-refractivity contribution in [3.63, 3.8) is 0 Å². The average Bonchev–Trinajstić information content (AvgIpc) is 2.60. The molecule has 0 spiro atoms. The molecule has 1 aromatic carbocycles. The van der Waals surface area contributed by atoms with Crippen molar-refractivity contribution < 1.29 is 39.4 Å². The first-order valence-electron chi connectivity index (χ1n) is 8.54. The van der Waals surface area contributed by atoms with Crippen LogP contribution < -0.4 is 0 Å². The van der Waals surface area contributed by atoms with E-state index in [0.717, 1.165) is 5.56 Å². The van der Waals surface area contributed by atoms with Crippen molar-refractivity contribution >= 4 is 5.97 Å². The Morgan fingerprint density at radius 3 is 2.42 bits per heavy atom. The normalized spacial score (nSPS) is 30.0. The Labute approximate surface area is 151 Å². The van der Waals surface area contributed by atoms with E-state index >= 15 is 0 Å². The molecule has 1 fully saturated rings. The summed E-state index contributed by atoms with van der Waals surface area (Å²) in [6.07, 6.45) is -5.43. The van der Waals surface area contributed by atoms with Gasteiger partial charge in [0.05, 0.1) is 6.10 Å². The van der Waals surface area contributed by atoms with Crippen LogP contribution in [-0.2, 0) is 25.4 Å². The van der Waals surface area contributed by atoms with Gasteiger partial charge >= 0.3 is 5.97 Å². The molecule has 0 radical (unpaired) electrons. The minimum Gasteiger partial charge on any atom is -0.508 e. The number of hydrogen-bond donors (Lipinski definition) is 4. The average molecular weight is 370 g/mol. The number of esters is 1. The summed E-state index contributed by atoms with van der Waals surface area (Å²) in [5.41, 5.74) is 1.02. The minimum absolute atomic E-state index is 0.197. The molecule has 2 rings (SSSR count). The summed E-state index contributed by atoms with van der Waals surface area (Å²) >= 11 is 0. The van der Waals surface area contributed by atoms with Crippen molar-refractivity contribution in [2.75, 3.05) is 6.61 Å². The Morgan fingerprint density at radius 1 is 1.15 bits per heavy atom. The molecular formula is C18H26O8. The number of phenols is 1. The highest BCUT2D eigenvalue weighted by Crippen LogP contribution is 2.24. The molecule has 1 heterocycles. The van der Waals surface area contributed by atoms with Gasteiger partial charge in [-0.15, -0.1) is 0 Å². The monoisotopic (exact) mass is 370 g/mol. The van der Waals surface area contributed by atoms with Crippen molar-refractivity contribution in [3.8, 4) is 5.75 Å². The van der Waals surface area contributed by atoms with Gasteiger partial charge in [0.2, 0.25) is 0 Å². The van der Waals surface area contributed by atoms with Crippen LogP contribution in [0.2, 0.25) is 0 Å². The van der Waals surface area contributed by atoms with E-state index in [1.807, 2.05) is 12.1 Å². The highest BCUT2D eigenvalue weighted by atomic mass is 16.7. The van der Waals surface area contributed by atoms with E-state index in [-0.39, 0.29) is 18.5 Å². The zero-order chi connectivity index (χ0) is 19.3. The minimum atomic E-state index is -1.47. The first kappa shape index (κ1) is 20.6. The van der Waals surface area contributed by atoms with Crippen LogP contribution in [0, 0.1) is 0 Å². The number of phenolic OH excluding ortho intramolecular Hbond substituents is 1. The zero-order valence-corrected chi connectivity index (χ0v) is 14.8. The maximum Gasteiger partial charge on any atom is 0.302 e. The summed E-state index contributed by atoms with van der Waals surface area (Å²) in [5.74, 6) is -0.343. The molecule has 26 heavy (non-hydrogen) atoms. The molecule has 1 aliphatic heterocycles. The number of benzene rings is 1. The number of aryl methyl sites for hydroxylation is 1. The molecule has 0 amide bonds. The van der Waals surface area contributed by atoms with Crippen LogP contribution in [0.25, 0.3) is 0 Å². The largest absolute Gasteiger partial charge is 0.508 e. The standard InChI is InChI=1S/C18H26O8/c1-10(3-4-12-5-7-13(20)8-6-12)25-18-17(23)16(22)15(21)14(26-18)9-24-11(2)19/h5-8,10,14-18,20-23H,3-4,9H2,1-2H3/t10-,14-,15-,16+,17+,18+/m1/s1. The van der Waals surface area contributed by atoms with Crippen molar-refractivity contribution in [1.29, 1.82) is 0 Å². The van der Waals surface area contributed by atoms with E-state index in [4.69, 9.17) is 14.2 Å². The predicted octanol–water partition coefficient (Wildman–Crippen LogP) is 0.101. The number of aliphatic hydroxyl groups is 3. The molecule has 1 aliphatic rings. The third kappa shape index (κ3) is 5.65. The second-order valence-electron chi connectivity index (χ2n) is 6.47. The molecule has 4 N–H and O–H groups in total. The molecule has 0 bridgehead atoms. The van der Waals surface area contributed by atoms with Gasteiger partial charge in [-0.05, 0) is 37.5 Å². The lowest BCUT2D eigenvalue weighted by atomic mass is 9.99. The lowest BCUT2D eigenvalue weighted by Gasteiger charge is -2.40. The van der Waals surface area contributed by atoms with Crippen molar-refractivity contribution in [2.24, 2.45) is 0 Å². The van der Waals surface area contributed by atoms with Crippen LogP contribution in [-0.4, -0.2) is 69.8 Å². The summed E-state index contributed by atoms with van der Waals surface area (Å²) in [6, 6.07) is 6.82. The highest BCUT2D eigenvalue weighted by Gasteiger charge is 2.45. The maximum atomic E-state index is 10.9. The first-order valence-corrected chi connectivity index (χ1v) is 8.54. The van der Waals surface area contributed by atoms with Gasteiger partial charge in [-0.1, -0.05) is 12.1 Å². The molecule has 1 aromatic rings. The fourth-order valence-electron chi connectivity index (χ4n) is 2.70. The van der Waals surface area contributed by atoms with Crippen LogP contribution in [0.3, 0.4) is 0 Å². The van der Waals surface area contributed by atoms with Gasteiger partial charge in [0, 0.05) is 6.92 Å². The quantitative estimate of drug-likeness (QED) is 0.498. The van der Waals surface area contributed by atoms with Crippen molar-refractivity contribution in [3.05, 3.63) is 29.8 Å². The number of ether oxygens (including phenoxy) is 3.